The predicted molar refractivity (Wildman–Crippen MR) is 51.9 cm³/mol. The maximum atomic E-state index is 12.9. The summed E-state index contributed by atoms with van der Waals surface area (Å²) in [6, 6.07) is 1.74. The summed E-state index contributed by atoms with van der Waals surface area (Å²) in [5, 5.41) is 0. The van der Waals surface area contributed by atoms with Gasteiger partial charge in [-0.3, -0.25) is 0 Å². The number of hydrogen-bond acceptors (Lipinski definition) is 1. The maximum Gasteiger partial charge on any atom is 0.419 e. The molecular weight excluding hydrogens is 210 g/mol. The van der Waals surface area contributed by atoms with Crippen LogP contribution in [0.3, 0.4) is 0 Å². The van der Waals surface area contributed by atoms with E-state index >= 15 is 0 Å². The van der Waals surface area contributed by atoms with Crippen LogP contribution in [0, 0.1) is 12.7 Å². The summed E-state index contributed by atoms with van der Waals surface area (Å²) in [5.41, 5.74) is 3.65. The standard InChI is InChI=1S/C8H7F4N.C2H6/c1-4-2-5(13)3-6(7(4)9)8(10,11)12;1-2/h2-3H,13H2,1H3;1-2H3. The summed E-state index contributed by atoms with van der Waals surface area (Å²) in [5.74, 6) is -1.26. The molecule has 15 heavy (non-hydrogen) atoms. The van der Waals surface area contributed by atoms with Gasteiger partial charge < -0.3 is 5.73 Å². The van der Waals surface area contributed by atoms with Crippen LogP contribution in [0.15, 0.2) is 12.1 Å². The Morgan fingerprint density at radius 3 is 2.00 bits per heavy atom. The van der Waals surface area contributed by atoms with Crippen molar-refractivity contribution in [3.8, 4) is 0 Å². The lowest BCUT2D eigenvalue weighted by atomic mass is 10.1. The maximum absolute atomic E-state index is 12.9. The van der Waals surface area contributed by atoms with Crippen molar-refractivity contribution in [1.29, 1.82) is 0 Å². The number of nitrogen functional groups attached to an aromatic ring is 1. The smallest absolute Gasteiger partial charge is 0.399 e. The lowest BCUT2D eigenvalue weighted by Gasteiger charge is -2.10. The molecule has 0 unspecified atom stereocenters. The monoisotopic (exact) mass is 223 g/mol. The Morgan fingerprint density at radius 2 is 1.60 bits per heavy atom. The Bertz CT molecular complexity index is 331. The number of aryl methyl sites for hydroxylation is 1. The number of nitrogens with two attached hydrogens (primary N) is 1. The van der Waals surface area contributed by atoms with Gasteiger partial charge in [-0.05, 0) is 24.6 Å². The molecule has 0 spiro atoms. The molecule has 0 atom stereocenters. The number of halogens is 4. The van der Waals surface area contributed by atoms with Crippen LogP contribution >= 0.6 is 0 Å². The quantitative estimate of drug-likeness (QED) is 0.526. The van der Waals surface area contributed by atoms with Crippen LogP contribution in [-0.2, 0) is 6.18 Å². The number of benzene rings is 1. The largest absolute Gasteiger partial charge is 0.419 e. The molecule has 5 heteroatoms. The van der Waals surface area contributed by atoms with Gasteiger partial charge in [0.15, 0.2) is 0 Å². The molecule has 0 amide bonds. The molecule has 0 fully saturated rings. The summed E-state index contributed by atoms with van der Waals surface area (Å²) < 4.78 is 49.2. The van der Waals surface area contributed by atoms with E-state index < -0.39 is 17.6 Å². The van der Waals surface area contributed by atoms with E-state index in [0.717, 1.165) is 6.07 Å². The van der Waals surface area contributed by atoms with E-state index in [9.17, 15) is 17.6 Å². The highest BCUT2D eigenvalue weighted by molar-refractivity contribution is 5.46. The van der Waals surface area contributed by atoms with E-state index in [-0.39, 0.29) is 11.3 Å². The first-order chi connectivity index (χ1) is 6.82. The van der Waals surface area contributed by atoms with Crippen molar-refractivity contribution in [3.05, 3.63) is 29.1 Å². The van der Waals surface area contributed by atoms with E-state index in [1.54, 1.807) is 0 Å². The molecule has 0 saturated carbocycles. The van der Waals surface area contributed by atoms with Crippen LogP contribution in [0.4, 0.5) is 23.2 Å². The average molecular weight is 223 g/mol. The zero-order valence-electron chi connectivity index (χ0n) is 8.74. The highest BCUT2D eigenvalue weighted by Crippen LogP contribution is 2.33. The minimum Gasteiger partial charge on any atom is -0.399 e. The van der Waals surface area contributed by atoms with Gasteiger partial charge in [0.1, 0.15) is 5.82 Å². The van der Waals surface area contributed by atoms with Crippen LogP contribution in [0.1, 0.15) is 25.0 Å². The van der Waals surface area contributed by atoms with Gasteiger partial charge in [-0.1, -0.05) is 13.8 Å². The summed E-state index contributed by atoms with van der Waals surface area (Å²) in [7, 11) is 0. The number of hydrogen-bond donors (Lipinski definition) is 1. The van der Waals surface area contributed by atoms with Crippen molar-refractivity contribution in [2.24, 2.45) is 0 Å². The van der Waals surface area contributed by atoms with Crippen molar-refractivity contribution in [2.45, 2.75) is 26.9 Å². The second kappa shape index (κ2) is 5.00. The fourth-order valence-corrected chi connectivity index (χ4v) is 1.00. The SMILES string of the molecule is CC.Cc1cc(N)cc(C(F)(F)F)c1F. The van der Waals surface area contributed by atoms with Crippen LogP contribution in [0.5, 0.6) is 0 Å². The van der Waals surface area contributed by atoms with Crippen molar-refractivity contribution in [2.75, 3.05) is 5.73 Å². The van der Waals surface area contributed by atoms with E-state index in [1.807, 2.05) is 13.8 Å². The zero-order chi connectivity index (χ0) is 12.2. The third-order valence-corrected chi connectivity index (χ3v) is 1.58. The number of rotatable bonds is 0. The third kappa shape index (κ3) is 3.42. The lowest BCUT2D eigenvalue weighted by molar-refractivity contribution is -0.140. The number of anilines is 1. The fourth-order valence-electron chi connectivity index (χ4n) is 1.00. The molecule has 0 aliphatic heterocycles. The predicted octanol–water partition coefficient (Wildman–Crippen LogP) is 3.76. The first kappa shape index (κ1) is 13.7. The van der Waals surface area contributed by atoms with Gasteiger partial charge in [-0.15, -0.1) is 0 Å². The van der Waals surface area contributed by atoms with Crippen molar-refractivity contribution in [1.82, 2.24) is 0 Å². The highest BCUT2D eigenvalue weighted by atomic mass is 19.4. The van der Waals surface area contributed by atoms with Crippen LogP contribution in [0.25, 0.3) is 0 Å². The first-order valence-electron chi connectivity index (χ1n) is 4.45. The molecule has 1 nitrogen and oxygen atoms in total. The normalized spacial score (nSPS) is 10.6. The van der Waals surface area contributed by atoms with E-state index in [2.05, 4.69) is 0 Å². The third-order valence-electron chi connectivity index (χ3n) is 1.58. The van der Waals surface area contributed by atoms with Crippen molar-refractivity contribution in [3.63, 3.8) is 0 Å². The summed E-state index contributed by atoms with van der Waals surface area (Å²) >= 11 is 0. The lowest BCUT2D eigenvalue weighted by Crippen LogP contribution is -2.10. The molecule has 0 saturated heterocycles. The van der Waals surface area contributed by atoms with Crippen LogP contribution < -0.4 is 5.73 Å². The van der Waals surface area contributed by atoms with E-state index in [4.69, 9.17) is 5.73 Å². The van der Waals surface area contributed by atoms with Gasteiger partial charge in [0.2, 0.25) is 0 Å². The zero-order valence-corrected chi connectivity index (χ0v) is 8.74. The topological polar surface area (TPSA) is 26.0 Å². The molecule has 1 aromatic carbocycles. The molecule has 1 rings (SSSR count). The van der Waals surface area contributed by atoms with Gasteiger partial charge in [-0.2, -0.15) is 13.2 Å². The van der Waals surface area contributed by atoms with Gasteiger partial charge in [0, 0.05) is 5.69 Å². The fraction of sp³-hybridized carbons (Fsp3) is 0.400. The summed E-state index contributed by atoms with van der Waals surface area (Å²) in [6.07, 6.45) is -4.69. The van der Waals surface area contributed by atoms with E-state index in [0.29, 0.717) is 6.07 Å². The minimum atomic E-state index is -4.69. The Balaban J connectivity index is 0.000000921. The molecule has 86 valence electrons. The first-order valence-corrected chi connectivity index (χ1v) is 4.45. The second-order valence-corrected chi connectivity index (χ2v) is 2.70. The minimum absolute atomic E-state index is 0.0915. The van der Waals surface area contributed by atoms with Crippen molar-refractivity contribution < 1.29 is 17.6 Å². The molecular formula is C10H13F4N. The van der Waals surface area contributed by atoms with Crippen LogP contribution in [0.2, 0.25) is 0 Å². The second-order valence-electron chi connectivity index (χ2n) is 2.70. The molecule has 1 aromatic rings. The summed E-state index contributed by atoms with van der Waals surface area (Å²) in [4.78, 5) is 0. The summed E-state index contributed by atoms with van der Waals surface area (Å²) in [6.45, 7) is 5.24. The molecule has 0 aromatic heterocycles. The molecule has 0 aliphatic rings. The molecule has 0 radical (unpaired) electrons. The number of alkyl halides is 3. The highest BCUT2D eigenvalue weighted by Gasteiger charge is 2.34. The van der Waals surface area contributed by atoms with Gasteiger partial charge in [-0.25, -0.2) is 4.39 Å². The van der Waals surface area contributed by atoms with E-state index in [1.165, 1.54) is 6.92 Å². The average Bonchev–Trinajstić information content (AvgIpc) is 2.13. The Kier molecular flexibility index (Phi) is 4.58. The van der Waals surface area contributed by atoms with Gasteiger partial charge in [0.05, 0.1) is 5.56 Å². The van der Waals surface area contributed by atoms with Crippen LogP contribution in [-0.4, -0.2) is 0 Å². The molecule has 0 bridgehead atoms. The van der Waals surface area contributed by atoms with Gasteiger partial charge in [0.25, 0.3) is 0 Å². The Hall–Kier alpha value is -1.26. The molecule has 0 heterocycles. The van der Waals surface area contributed by atoms with Gasteiger partial charge >= 0.3 is 6.18 Å². The Labute approximate surface area is 85.9 Å². The van der Waals surface area contributed by atoms with Crippen molar-refractivity contribution >= 4 is 5.69 Å². The molecule has 2 N–H and O–H groups in total. The molecule has 0 aliphatic carbocycles. The Morgan fingerprint density at radius 1 is 1.13 bits per heavy atom.